The second-order valence-corrected chi connectivity index (χ2v) is 6.01. The number of amides is 4. The summed E-state index contributed by atoms with van der Waals surface area (Å²) in [5.74, 6) is -0.783. The minimum absolute atomic E-state index is 0.0633. The number of carbonyl (C=O) groups is 3. The Balaban J connectivity index is 1.52. The van der Waals surface area contributed by atoms with E-state index in [-0.39, 0.29) is 31.1 Å². The minimum atomic E-state index is -0.538. The van der Waals surface area contributed by atoms with Crippen molar-refractivity contribution in [2.45, 2.75) is 25.2 Å². The molecular weight excluding hydrogens is 326 g/mol. The number of rotatable bonds is 6. The van der Waals surface area contributed by atoms with E-state index < -0.39 is 11.9 Å². The van der Waals surface area contributed by atoms with Crippen LogP contribution in [0.2, 0.25) is 0 Å². The zero-order chi connectivity index (χ0) is 17.6. The van der Waals surface area contributed by atoms with Crippen molar-refractivity contribution in [2.75, 3.05) is 26.3 Å². The zero-order valence-corrected chi connectivity index (χ0v) is 13.8. The molecule has 2 fully saturated rings. The van der Waals surface area contributed by atoms with Gasteiger partial charge in [0.1, 0.15) is 12.6 Å². The molecular formula is C17H21N3O5. The van der Waals surface area contributed by atoms with E-state index in [4.69, 9.17) is 9.47 Å². The molecule has 0 aliphatic carbocycles. The molecule has 3 rings (SSSR count). The molecule has 2 N–H and O–H groups in total. The number of nitrogens with one attached hydrogen (secondary N) is 2. The number of hydrogen-bond donors (Lipinski definition) is 2. The first-order valence-electron chi connectivity index (χ1n) is 8.24. The van der Waals surface area contributed by atoms with Crippen molar-refractivity contribution in [1.82, 2.24) is 15.5 Å². The van der Waals surface area contributed by atoms with Crippen LogP contribution in [0.4, 0.5) is 4.79 Å². The molecule has 2 aliphatic rings. The first kappa shape index (κ1) is 17.4. The third kappa shape index (κ3) is 4.55. The van der Waals surface area contributed by atoms with Gasteiger partial charge in [-0.15, -0.1) is 0 Å². The van der Waals surface area contributed by atoms with Crippen molar-refractivity contribution in [3.05, 3.63) is 35.9 Å². The molecule has 1 aromatic carbocycles. The van der Waals surface area contributed by atoms with Gasteiger partial charge in [-0.2, -0.15) is 0 Å². The van der Waals surface area contributed by atoms with Gasteiger partial charge in [0.25, 0.3) is 5.91 Å². The fourth-order valence-electron chi connectivity index (χ4n) is 2.83. The van der Waals surface area contributed by atoms with Gasteiger partial charge >= 0.3 is 6.03 Å². The maximum atomic E-state index is 12.2. The summed E-state index contributed by atoms with van der Waals surface area (Å²) < 4.78 is 11.3. The van der Waals surface area contributed by atoms with Gasteiger partial charge in [-0.25, -0.2) is 4.79 Å². The van der Waals surface area contributed by atoms with E-state index in [0.717, 1.165) is 10.5 Å². The summed E-state index contributed by atoms with van der Waals surface area (Å²) in [4.78, 5) is 36.2. The number of ether oxygens (including phenoxy) is 2. The Bertz CT molecular complexity index is 620. The van der Waals surface area contributed by atoms with Gasteiger partial charge in [0.05, 0.1) is 25.8 Å². The van der Waals surface area contributed by atoms with Gasteiger partial charge in [-0.1, -0.05) is 30.3 Å². The third-order valence-corrected chi connectivity index (χ3v) is 4.20. The summed E-state index contributed by atoms with van der Waals surface area (Å²) in [6.45, 7) is 0.994. The lowest BCUT2D eigenvalue weighted by Crippen LogP contribution is -2.52. The Labute approximate surface area is 145 Å². The molecule has 1 aromatic rings. The van der Waals surface area contributed by atoms with Crippen molar-refractivity contribution >= 4 is 17.8 Å². The van der Waals surface area contributed by atoms with Crippen LogP contribution in [0.5, 0.6) is 0 Å². The highest BCUT2D eigenvalue weighted by Crippen LogP contribution is 2.14. The maximum absolute atomic E-state index is 12.2. The van der Waals surface area contributed by atoms with Crippen LogP contribution >= 0.6 is 0 Å². The first-order chi connectivity index (χ1) is 12.1. The van der Waals surface area contributed by atoms with Gasteiger partial charge in [-0.3, -0.25) is 14.5 Å². The number of nitrogens with zero attached hydrogens (tertiary/aromatic N) is 1. The molecule has 8 heteroatoms. The van der Waals surface area contributed by atoms with E-state index in [1.807, 2.05) is 30.3 Å². The van der Waals surface area contributed by atoms with E-state index in [1.165, 1.54) is 0 Å². The van der Waals surface area contributed by atoms with Crippen LogP contribution in [0.15, 0.2) is 30.3 Å². The number of urea groups is 1. The fraction of sp³-hybridized carbons (Fsp3) is 0.471. The first-order valence-corrected chi connectivity index (χ1v) is 8.24. The second-order valence-electron chi connectivity index (χ2n) is 6.01. The molecule has 0 bridgehead atoms. The number of benzene rings is 1. The molecule has 0 unspecified atom stereocenters. The Hall–Kier alpha value is -2.45. The largest absolute Gasteiger partial charge is 0.379 e. The number of hydrogen-bond acceptors (Lipinski definition) is 5. The van der Waals surface area contributed by atoms with Crippen LogP contribution < -0.4 is 10.6 Å². The molecule has 0 spiro atoms. The predicted molar refractivity (Wildman–Crippen MR) is 87.5 cm³/mol. The van der Waals surface area contributed by atoms with E-state index in [2.05, 4.69) is 10.6 Å². The van der Waals surface area contributed by atoms with E-state index in [9.17, 15) is 14.4 Å². The number of imide groups is 1. The maximum Gasteiger partial charge on any atom is 0.325 e. The summed E-state index contributed by atoms with van der Waals surface area (Å²) in [5.41, 5.74) is 1.04. The fourth-order valence-corrected chi connectivity index (χ4v) is 2.83. The molecule has 8 nitrogen and oxygen atoms in total. The Morgan fingerprint density at radius 3 is 2.84 bits per heavy atom. The van der Waals surface area contributed by atoms with Gasteiger partial charge in [0.15, 0.2) is 0 Å². The summed E-state index contributed by atoms with van der Waals surface area (Å²) in [7, 11) is 0. The molecule has 2 aliphatic heterocycles. The molecule has 25 heavy (non-hydrogen) atoms. The lowest BCUT2D eigenvalue weighted by molar-refractivity contribution is -0.133. The normalized spacial score (nSPS) is 23.4. The average Bonchev–Trinajstić information content (AvgIpc) is 2.94. The second kappa shape index (κ2) is 8.09. The molecule has 0 radical (unpaired) electrons. The van der Waals surface area contributed by atoms with Crippen LogP contribution in [0.1, 0.15) is 12.0 Å². The molecule has 2 heterocycles. The van der Waals surface area contributed by atoms with Crippen LogP contribution in [-0.2, 0) is 25.7 Å². The highest BCUT2D eigenvalue weighted by atomic mass is 16.5. The van der Waals surface area contributed by atoms with Crippen molar-refractivity contribution in [2.24, 2.45) is 0 Å². The van der Waals surface area contributed by atoms with Gasteiger partial charge in [0.2, 0.25) is 5.91 Å². The standard InChI is InChI=1S/C17H21N3O5/c21-15(9-20-16(22)8-18-17(20)23)19-13-6-7-24-11-14(13)25-10-12-4-2-1-3-5-12/h1-5,13-14H,6-11H2,(H,18,23)(H,19,21)/t13-,14-/m1/s1. The Morgan fingerprint density at radius 1 is 1.32 bits per heavy atom. The van der Waals surface area contributed by atoms with Crippen molar-refractivity contribution in [3.63, 3.8) is 0 Å². The smallest absolute Gasteiger partial charge is 0.325 e. The molecule has 4 amide bonds. The summed E-state index contributed by atoms with van der Waals surface area (Å²) in [5, 5.41) is 5.24. The molecule has 0 aromatic heterocycles. The monoisotopic (exact) mass is 347 g/mol. The third-order valence-electron chi connectivity index (χ3n) is 4.20. The highest BCUT2D eigenvalue weighted by Gasteiger charge is 2.32. The van der Waals surface area contributed by atoms with Crippen LogP contribution in [0, 0.1) is 0 Å². The van der Waals surface area contributed by atoms with E-state index in [0.29, 0.717) is 26.2 Å². The van der Waals surface area contributed by atoms with Crippen LogP contribution in [0.25, 0.3) is 0 Å². The van der Waals surface area contributed by atoms with E-state index >= 15 is 0 Å². The molecule has 134 valence electrons. The van der Waals surface area contributed by atoms with Gasteiger partial charge in [-0.05, 0) is 12.0 Å². The molecule has 2 atom stereocenters. The Morgan fingerprint density at radius 2 is 2.12 bits per heavy atom. The molecule has 2 saturated heterocycles. The Kier molecular flexibility index (Phi) is 5.62. The van der Waals surface area contributed by atoms with Crippen molar-refractivity contribution in [1.29, 1.82) is 0 Å². The lowest BCUT2D eigenvalue weighted by atomic mass is 10.1. The predicted octanol–water partition coefficient (Wildman–Crippen LogP) is 0.0287. The lowest BCUT2D eigenvalue weighted by Gasteiger charge is -2.32. The van der Waals surface area contributed by atoms with Crippen LogP contribution in [-0.4, -0.2) is 61.2 Å². The van der Waals surface area contributed by atoms with Gasteiger partial charge in [0, 0.05) is 6.61 Å². The SMILES string of the molecule is O=C(CN1C(=O)CNC1=O)N[C@@H]1CCOC[C@H]1OCc1ccccc1. The number of carbonyl (C=O) groups excluding carboxylic acids is 3. The average molecular weight is 347 g/mol. The minimum Gasteiger partial charge on any atom is -0.379 e. The quantitative estimate of drug-likeness (QED) is 0.708. The van der Waals surface area contributed by atoms with Crippen LogP contribution in [0.3, 0.4) is 0 Å². The topological polar surface area (TPSA) is 97.0 Å². The van der Waals surface area contributed by atoms with Crippen molar-refractivity contribution < 1.29 is 23.9 Å². The molecule has 0 saturated carbocycles. The summed E-state index contributed by atoms with van der Waals surface area (Å²) in [6, 6.07) is 8.99. The summed E-state index contributed by atoms with van der Waals surface area (Å²) >= 11 is 0. The summed E-state index contributed by atoms with van der Waals surface area (Å²) in [6.07, 6.45) is 0.340. The zero-order valence-electron chi connectivity index (χ0n) is 13.8. The van der Waals surface area contributed by atoms with E-state index in [1.54, 1.807) is 0 Å². The highest BCUT2D eigenvalue weighted by molar-refractivity contribution is 6.04. The van der Waals surface area contributed by atoms with Crippen molar-refractivity contribution in [3.8, 4) is 0 Å². The van der Waals surface area contributed by atoms with Gasteiger partial charge < -0.3 is 20.1 Å².